The fourth-order valence-electron chi connectivity index (χ4n) is 4.84. The lowest BCUT2D eigenvalue weighted by molar-refractivity contribution is -0.147. The molecule has 2 aliphatic rings. The predicted molar refractivity (Wildman–Crippen MR) is 110 cm³/mol. The van der Waals surface area contributed by atoms with Crippen LogP contribution in [0.3, 0.4) is 0 Å². The number of amides is 1. The van der Waals surface area contributed by atoms with E-state index < -0.39 is 11.2 Å². The van der Waals surface area contributed by atoms with Crippen molar-refractivity contribution in [3.63, 3.8) is 0 Å². The largest absolute Gasteiger partial charge is 0.444 e. The molecule has 5 nitrogen and oxygen atoms in total. The van der Waals surface area contributed by atoms with Crippen LogP contribution in [-0.2, 0) is 19.6 Å². The molecular formula is C21H29Cl2NO4. The summed E-state index contributed by atoms with van der Waals surface area (Å²) in [4.78, 5) is 14.7. The van der Waals surface area contributed by atoms with Gasteiger partial charge in [0.15, 0.2) is 0 Å². The summed E-state index contributed by atoms with van der Waals surface area (Å²) in [6.07, 6.45) is 2.20. The lowest BCUT2D eigenvalue weighted by Gasteiger charge is -2.53. The second-order valence-electron chi connectivity index (χ2n) is 8.85. The Hall–Kier alpha value is -1.01. The van der Waals surface area contributed by atoms with Crippen molar-refractivity contribution >= 4 is 29.3 Å². The smallest absolute Gasteiger partial charge is 0.410 e. The molecule has 0 unspecified atom stereocenters. The second kappa shape index (κ2) is 7.67. The summed E-state index contributed by atoms with van der Waals surface area (Å²) in [5.74, 6) is 0. The molecule has 2 bridgehead atoms. The van der Waals surface area contributed by atoms with Crippen molar-refractivity contribution in [2.75, 3.05) is 27.4 Å². The highest BCUT2D eigenvalue weighted by molar-refractivity contribution is 6.42. The molecule has 156 valence electrons. The third kappa shape index (κ3) is 3.62. The van der Waals surface area contributed by atoms with Crippen molar-refractivity contribution in [2.45, 2.75) is 62.7 Å². The highest BCUT2D eigenvalue weighted by atomic mass is 35.5. The van der Waals surface area contributed by atoms with E-state index in [2.05, 4.69) is 0 Å². The zero-order valence-electron chi connectivity index (χ0n) is 17.2. The van der Waals surface area contributed by atoms with Crippen LogP contribution < -0.4 is 0 Å². The van der Waals surface area contributed by atoms with Gasteiger partial charge in [-0.05, 0) is 57.7 Å². The first-order chi connectivity index (χ1) is 13.1. The van der Waals surface area contributed by atoms with Crippen molar-refractivity contribution in [2.24, 2.45) is 0 Å². The van der Waals surface area contributed by atoms with Gasteiger partial charge in [-0.1, -0.05) is 29.3 Å². The van der Waals surface area contributed by atoms with Crippen molar-refractivity contribution in [3.05, 3.63) is 33.8 Å². The van der Waals surface area contributed by atoms with Gasteiger partial charge in [-0.25, -0.2) is 4.79 Å². The van der Waals surface area contributed by atoms with Crippen LogP contribution in [0.25, 0.3) is 0 Å². The van der Waals surface area contributed by atoms with Crippen LogP contribution in [0, 0.1) is 0 Å². The van der Waals surface area contributed by atoms with Gasteiger partial charge in [0.25, 0.3) is 0 Å². The second-order valence-corrected chi connectivity index (χ2v) is 9.66. The number of methoxy groups -OCH3 is 2. The van der Waals surface area contributed by atoms with Gasteiger partial charge in [0.05, 0.1) is 23.2 Å². The van der Waals surface area contributed by atoms with E-state index >= 15 is 0 Å². The Morgan fingerprint density at radius 2 is 1.96 bits per heavy atom. The van der Waals surface area contributed by atoms with Gasteiger partial charge in [0, 0.05) is 25.7 Å². The Morgan fingerprint density at radius 1 is 1.25 bits per heavy atom. The van der Waals surface area contributed by atoms with Gasteiger partial charge < -0.3 is 19.1 Å². The highest BCUT2D eigenvalue weighted by Gasteiger charge is 2.63. The number of halogens is 2. The molecule has 1 aromatic rings. The number of fused-ring (bicyclic) bond motifs is 2. The summed E-state index contributed by atoms with van der Waals surface area (Å²) in [6, 6.07) is 5.86. The number of hydrogen-bond donors (Lipinski definition) is 0. The molecule has 0 aromatic heterocycles. The van der Waals surface area contributed by atoms with E-state index in [0.717, 1.165) is 24.8 Å². The first-order valence-corrected chi connectivity index (χ1v) is 10.3. The number of hydrogen-bond acceptors (Lipinski definition) is 4. The average Bonchev–Trinajstić information content (AvgIpc) is 3.01. The quantitative estimate of drug-likeness (QED) is 0.670. The monoisotopic (exact) mass is 429 g/mol. The molecule has 2 fully saturated rings. The molecule has 1 aliphatic carbocycles. The molecule has 1 saturated heterocycles. The summed E-state index contributed by atoms with van der Waals surface area (Å²) in [5, 5.41) is 1.05. The number of rotatable bonds is 4. The molecule has 1 amide bonds. The van der Waals surface area contributed by atoms with E-state index in [4.69, 9.17) is 37.4 Å². The van der Waals surface area contributed by atoms with E-state index in [0.29, 0.717) is 23.2 Å². The van der Waals surface area contributed by atoms with Gasteiger partial charge >= 0.3 is 6.09 Å². The molecule has 1 saturated carbocycles. The molecule has 3 rings (SSSR count). The minimum atomic E-state index is -0.706. The van der Waals surface area contributed by atoms with Gasteiger partial charge in [0.1, 0.15) is 11.2 Å². The SMILES string of the molecule is COC[C@@]1(OC)CN(C(=O)OC(C)(C)C)[C@@H]2CC[C@]1(c1ccc(Cl)c(Cl)c1)C2. The number of likely N-dealkylation sites (tertiary alicyclic amines) is 1. The molecular weight excluding hydrogens is 401 g/mol. The van der Waals surface area contributed by atoms with E-state index in [9.17, 15) is 4.79 Å². The van der Waals surface area contributed by atoms with Gasteiger partial charge in [-0.15, -0.1) is 0 Å². The third-order valence-electron chi connectivity index (χ3n) is 6.10. The van der Waals surface area contributed by atoms with Crippen LogP contribution >= 0.6 is 23.2 Å². The van der Waals surface area contributed by atoms with E-state index in [1.807, 2.05) is 43.9 Å². The third-order valence-corrected chi connectivity index (χ3v) is 6.83. The van der Waals surface area contributed by atoms with Crippen molar-refractivity contribution in [3.8, 4) is 0 Å². The molecule has 0 N–H and O–H groups in total. The molecule has 1 heterocycles. The number of carbonyl (C=O) groups excluding carboxylic acids is 1. The normalized spacial score (nSPS) is 29.8. The summed E-state index contributed by atoms with van der Waals surface area (Å²) < 4.78 is 17.4. The zero-order chi connectivity index (χ0) is 20.7. The van der Waals surface area contributed by atoms with Crippen molar-refractivity contribution < 1.29 is 19.0 Å². The first kappa shape index (κ1) is 21.7. The Labute approximate surface area is 177 Å². The molecule has 1 aromatic carbocycles. The first-order valence-electron chi connectivity index (χ1n) is 9.57. The molecule has 3 atom stereocenters. The molecule has 1 aliphatic heterocycles. The summed E-state index contributed by atoms with van der Waals surface area (Å²) in [6.45, 7) is 6.39. The molecule has 28 heavy (non-hydrogen) atoms. The molecule has 7 heteroatoms. The number of benzene rings is 1. The lowest BCUT2D eigenvalue weighted by Crippen LogP contribution is -2.66. The number of piperidine rings is 1. The maximum absolute atomic E-state index is 12.9. The van der Waals surface area contributed by atoms with E-state index in [1.54, 1.807) is 14.2 Å². The van der Waals surface area contributed by atoms with Gasteiger partial charge in [-0.2, -0.15) is 0 Å². The minimum absolute atomic E-state index is 0.0874. The van der Waals surface area contributed by atoms with E-state index in [-0.39, 0.29) is 17.6 Å². The predicted octanol–water partition coefficient (Wildman–Crippen LogP) is 5.07. The Kier molecular flexibility index (Phi) is 5.95. The van der Waals surface area contributed by atoms with Crippen LogP contribution in [0.1, 0.15) is 45.6 Å². The molecule has 0 spiro atoms. The topological polar surface area (TPSA) is 48.0 Å². The van der Waals surface area contributed by atoms with Crippen LogP contribution in [0.15, 0.2) is 18.2 Å². The zero-order valence-corrected chi connectivity index (χ0v) is 18.7. The fraction of sp³-hybridized carbons (Fsp3) is 0.667. The van der Waals surface area contributed by atoms with Crippen LogP contribution in [0.5, 0.6) is 0 Å². The average molecular weight is 430 g/mol. The number of nitrogens with zero attached hydrogens (tertiary/aromatic N) is 1. The Morgan fingerprint density at radius 3 is 2.54 bits per heavy atom. The van der Waals surface area contributed by atoms with Crippen LogP contribution in [-0.4, -0.2) is 55.6 Å². The minimum Gasteiger partial charge on any atom is -0.444 e. The molecule has 0 radical (unpaired) electrons. The Bertz CT molecular complexity index is 750. The standard InChI is InChI=1S/C21H29Cl2NO4/c1-19(2,3)28-18(25)24-12-21(27-5,13-26-4)20(9-8-15(24)11-20)14-6-7-16(22)17(23)10-14/h6-7,10,15H,8-9,11-13H2,1-5H3/t15-,20-,21+/m1/s1. The van der Waals surface area contributed by atoms with Crippen molar-refractivity contribution in [1.82, 2.24) is 4.90 Å². The highest BCUT2D eigenvalue weighted by Crippen LogP contribution is 2.56. The van der Waals surface area contributed by atoms with E-state index in [1.165, 1.54) is 0 Å². The summed E-state index contributed by atoms with van der Waals surface area (Å²) in [7, 11) is 3.34. The lowest BCUT2D eigenvalue weighted by atomic mass is 9.64. The van der Waals surface area contributed by atoms with Crippen molar-refractivity contribution in [1.29, 1.82) is 0 Å². The van der Waals surface area contributed by atoms with Gasteiger partial charge in [-0.3, -0.25) is 0 Å². The van der Waals surface area contributed by atoms with Crippen LogP contribution in [0.4, 0.5) is 4.79 Å². The summed E-state index contributed by atoms with van der Waals surface area (Å²) in [5.41, 5.74) is -0.491. The van der Waals surface area contributed by atoms with Gasteiger partial charge in [0.2, 0.25) is 0 Å². The fourth-order valence-corrected chi connectivity index (χ4v) is 5.14. The van der Waals surface area contributed by atoms with Crippen LogP contribution in [0.2, 0.25) is 10.0 Å². The number of carbonyl (C=O) groups is 1. The Balaban J connectivity index is 2.03. The maximum atomic E-state index is 12.9. The summed E-state index contributed by atoms with van der Waals surface area (Å²) >= 11 is 12.5. The number of ether oxygens (including phenoxy) is 3. The maximum Gasteiger partial charge on any atom is 0.410 e.